The van der Waals surface area contributed by atoms with E-state index in [0.717, 1.165) is 5.69 Å². The summed E-state index contributed by atoms with van der Waals surface area (Å²) in [4.78, 5) is 17.3. The monoisotopic (exact) mass is 384 g/mol. The summed E-state index contributed by atoms with van der Waals surface area (Å²) < 4.78 is 3.24. The van der Waals surface area contributed by atoms with Crippen molar-refractivity contribution in [2.45, 2.75) is 30.7 Å². The van der Waals surface area contributed by atoms with Crippen LogP contribution in [0.1, 0.15) is 31.0 Å². The summed E-state index contributed by atoms with van der Waals surface area (Å²) in [6.07, 6.45) is 1.73. The van der Waals surface area contributed by atoms with E-state index in [1.165, 1.54) is 28.7 Å². The molecule has 0 unspecified atom stereocenters. The van der Waals surface area contributed by atoms with Crippen LogP contribution in [0, 0.1) is 0 Å². The molecule has 0 N–H and O–H groups in total. The van der Waals surface area contributed by atoms with Crippen molar-refractivity contribution in [3.8, 4) is 5.69 Å². The zero-order valence-corrected chi connectivity index (χ0v) is 15.9. The van der Waals surface area contributed by atoms with E-state index in [0.29, 0.717) is 27.5 Å². The number of thiazole rings is 1. The van der Waals surface area contributed by atoms with Crippen LogP contribution in [0.4, 0.5) is 0 Å². The van der Waals surface area contributed by atoms with Crippen molar-refractivity contribution in [2.24, 2.45) is 0 Å². The number of thioether (sulfide) groups is 1. The first kappa shape index (κ1) is 16.9. The van der Waals surface area contributed by atoms with E-state index in [1.54, 1.807) is 21.3 Å². The summed E-state index contributed by atoms with van der Waals surface area (Å²) in [5.41, 5.74) is 2.82. The maximum absolute atomic E-state index is 12.1. The Labute approximate surface area is 157 Å². The van der Waals surface area contributed by atoms with Crippen LogP contribution in [0.5, 0.6) is 0 Å². The Bertz CT molecular complexity index is 1100. The van der Waals surface area contributed by atoms with Gasteiger partial charge in [0.15, 0.2) is 4.96 Å². The summed E-state index contributed by atoms with van der Waals surface area (Å²) in [5, 5.41) is 14.5. The molecule has 3 heterocycles. The molecule has 1 aromatic carbocycles. The molecule has 0 aliphatic rings. The van der Waals surface area contributed by atoms with Crippen molar-refractivity contribution >= 4 is 28.1 Å². The van der Waals surface area contributed by atoms with Gasteiger partial charge in [-0.1, -0.05) is 37.7 Å². The maximum Gasteiger partial charge on any atom is 0.258 e. The lowest BCUT2D eigenvalue weighted by Crippen LogP contribution is -2.12. The van der Waals surface area contributed by atoms with Gasteiger partial charge in [-0.2, -0.15) is 4.68 Å². The third-order valence-corrected chi connectivity index (χ3v) is 5.66. The van der Waals surface area contributed by atoms with Gasteiger partial charge in [0.2, 0.25) is 5.16 Å². The average Bonchev–Trinajstić information content (AvgIpc) is 3.29. The number of fused-ring (bicyclic) bond motifs is 1. The molecule has 0 fully saturated rings. The van der Waals surface area contributed by atoms with Crippen molar-refractivity contribution in [2.75, 3.05) is 0 Å². The molecule has 0 radical (unpaired) electrons. The second-order valence-electron chi connectivity index (χ2n) is 6.05. The summed E-state index contributed by atoms with van der Waals surface area (Å²) in [5.74, 6) is 0.998. The summed E-state index contributed by atoms with van der Waals surface area (Å²) >= 11 is 2.89. The number of hydrogen-bond acceptors (Lipinski definition) is 7. The molecule has 26 heavy (non-hydrogen) atoms. The Hall–Kier alpha value is -2.52. The Kier molecular flexibility index (Phi) is 4.56. The molecule has 132 valence electrons. The number of tetrazole rings is 1. The number of aromatic nitrogens is 6. The average molecular weight is 384 g/mol. The minimum absolute atomic E-state index is 0.0734. The molecule has 9 heteroatoms. The minimum Gasteiger partial charge on any atom is -0.269 e. The Morgan fingerprint density at radius 1 is 1.23 bits per heavy atom. The third-order valence-electron chi connectivity index (χ3n) is 3.95. The number of benzene rings is 1. The standard InChI is InChI=1S/C17H16N6OS2/c1-11(2)12-3-5-14(6-4-12)23-17(19-20-21-23)26-10-13-9-15(24)22-7-8-25-16(22)18-13/h3-9,11H,10H2,1-2H3. The van der Waals surface area contributed by atoms with Crippen LogP contribution in [0.25, 0.3) is 10.6 Å². The predicted molar refractivity (Wildman–Crippen MR) is 102 cm³/mol. The van der Waals surface area contributed by atoms with E-state index in [-0.39, 0.29) is 5.56 Å². The van der Waals surface area contributed by atoms with Crippen LogP contribution >= 0.6 is 23.1 Å². The van der Waals surface area contributed by atoms with E-state index in [9.17, 15) is 4.79 Å². The highest BCUT2D eigenvalue weighted by molar-refractivity contribution is 7.98. The molecule has 0 saturated carbocycles. The van der Waals surface area contributed by atoms with E-state index >= 15 is 0 Å². The molecule has 4 aromatic rings. The topological polar surface area (TPSA) is 78.0 Å². The molecule has 3 aromatic heterocycles. The van der Waals surface area contributed by atoms with E-state index in [1.807, 2.05) is 17.5 Å². The number of hydrogen-bond donors (Lipinski definition) is 0. The fraction of sp³-hybridized carbons (Fsp3) is 0.235. The Morgan fingerprint density at radius 2 is 2.04 bits per heavy atom. The fourth-order valence-electron chi connectivity index (χ4n) is 2.53. The van der Waals surface area contributed by atoms with Crippen molar-refractivity contribution in [1.29, 1.82) is 0 Å². The van der Waals surface area contributed by atoms with Gasteiger partial charge in [-0.25, -0.2) is 4.98 Å². The van der Waals surface area contributed by atoms with Gasteiger partial charge in [0.25, 0.3) is 5.56 Å². The molecular formula is C17H16N6OS2. The van der Waals surface area contributed by atoms with Crippen LogP contribution < -0.4 is 5.56 Å². The number of nitrogens with zero attached hydrogens (tertiary/aromatic N) is 6. The molecule has 4 rings (SSSR count). The smallest absolute Gasteiger partial charge is 0.258 e. The molecule has 0 aliphatic carbocycles. The second-order valence-corrected chi connectivity index (χ2v) is 7.86. The van der Waals surface area contributed by atoms with E-state index in [4.69, 9.17) is 0 Å². The largest absolute Gasteiger partial charge is 0.269 e. The third kappa shape index (κ3) is 3.27. The maximum atomic E-state index is 12.1. The van der Waals surface area contributed by atoms with Crippen LogP contribution in [-0.2, 0) is 5.75 Å². The van der Waals surface area contributed by atoms with Gasteiger partial charge >= 0.3 is 0 Å². The van der Waals surface area contributed by atoms with Gasteiger partial charge in [0.05, 0.1) is 11.4 Å². The highest BCUT2D eigenvalue weighted by atomic mass is 32.2. The molecule has 0 spiro atoms. The molecule has 0 amide bonds. The van der Waals surface area contributed by atoms with Gasteiger partial charge in [-0.3, -0.25) is 9.20 Å². The minimum atomic E-state index is -0.0734. The normalized spacial score (nSPS) is 11.5. The van der Waals surface area contributed by atoms with Gasteiger partial charge in [-0.15, -0.1) is 16.4 Å². The van der Waals surface area contributed by atoms with E-state index in [2.05, 4.69) is 46.5 Å². The van der Waals surface area contributed by atoms with Crippen LogP contribution in [0.2, 0.25) is 0 Å². The lowest BCUT2D eigenvalue weighted by Gasteiger charge is -2.08. The van der Waals surface area contributed by atoms with Crippen molar-refractivity contribution in [1.82, 2.24) is 29.6 Å². The Morgan fingerprint density at radius 3 is 2.81 bits per heavy atom. The van der Waals surface area contributed by atoms with Crippen molar-refractivity contribution in [3.05, 3.63) is 63.5 Å². The summed E-state index contributed by atoms with van der Waals surface area (Å²) in [6.45, 7) is 4.32. The van der Waals surface area contributed by atoms with Crippen LogP contribution in [-0.4, -0.2) is 29.6 Å². The lowest BCUT2D eigenvalue weighted by molar-refractivity contribution is 0.754. The van der Waals surface area contributed by atoms with Gasteiger partial charge in [0, 0.05) is 23.4 Å². The molecule has 0 atom stereocenters. The van der Waals surface area contributed by atoms with Gasteiger partial charge in [0.1, 0.15) is 0 Å². The quantitative estimate of drug-likeness (QED) is 0.492. The molecule has 0 saturated heterocycles. The molecule has 0 aliphatic heterocycles. The highest BCUT2D eigenvalue weighted by Gasteiger charge is 2.11. The first-order valence-corrected chi connectivity index (χ1v) is 9.95. The van der Waals surface area contributed by atoms with E-state index < -0.39 is 0 Å². The fourth-order valence-corrected chi connectivity index (χ4v) is 4.05. The molecule has 7 nitrogen and oxygen atoms in total. The zero-order chi connectivity index (χ0) is 18.1. The van der Waals surface area contributed by atoms with Crippen LogP contribution in [0.15, 0.2) is 51.9 Å². The Balaban J connectivity index is 1.56. The zero-order valence-electron chi connectivity index (χ0n) is 14.2. The van der Waals surface area contributed by atoms with Crippen LogP contribution in [0.3, 0.4) is 0 Å². The van der Waals surface area contributed by atoms with Gasteiger partial charge in [-0.05, 0) is 34.0 Å². The molecular weight excluding hydrogens is 368 g/mol. The first-order valence-electron chi connectivity index (χ1n) is 8.09. The predicted octanol–water partition coefficient (Wildman–Crippen LogP) is 3.15. The highest BCUT2D eigenvalue weighted by Crippen LogP contribution is 2.23. The summed E-state index contributed by atoms with van der Waals surface area (Å²) in [6, 6.07) is 9.75. The van der Waals surface area contributed by atoms with Gasteiger partial charge < -0.3 is 0 Å². The summed E-state index contributed by atoms with van der Waals surface area (Å²) in [7, 11) is 0. The first-order chi connectivity index (χ1) is 12.6. The lowest BCUT2D eigenvalue weighted by atomic mass is 10.0. The number of rotatable bonds is 5. The second kappa shape index (κ2) is 7.00. The SMILES string of the molecule is CC(C)c1ccc(-n2nnnc2SCc2cc(=O)n3ccsc3n2)cc1. The van der Waals surface area contributed by atoms with Crippen molar-refractivity contribution < 1.29 is 0 Å². The van der Waals surface area contributed by atoms with Crippen molar-refractivity contribution in [3.63, 3.8) is 0 Å². The molecule has 0 bridgehead atoms.